The lowest BCUT2D eigenvalue weighted by Gasteiger charge is -2.15. The summed E-state index contributed by atoms with van der Waals surface area (Å²) < 4.78 is 0. The standard InChI is InChI=1S/C20H25N3O2S/c1-3-5-9-19(24)22-16-7-6-8-17(14-16)26-18(4-2)20(25)23-15-10-12-21-13-11-15/h6-8,10-14,18H,3-5,9H2,1-2H3,(H,22,24)(H,21,23,25). The van der Waals surface area contributed by atoms with Crippen LogP contribution in [-0.4, -0.2) is 22.0 Å². The molecule has 0 aliphatic rings. The van der Waals surface area contributed by atoms with E-state index in [9.17, 15) is 9.59 Å². The van der Waals surface area contributed by atoms with Crippen LogP contribution >= 0.6 is 11.8 Å². The van der Waals surface area contributed by atoms with Crippen molar-refractivity contribution in [2.75, 3.05) is 10.6 Å². The molecule has 1 aromatic carbocycles. The van der Waals surface area contributed by atoms with E-state index in [1.54, 1.807) is 24.5 Å². The largest absolute Gasteiger partial charge is 0.326 e. The Morgan fingerprint density at radius 2 is 1.85 bits per heavy atom. The number of thioether (sulfide) groups is 1. The van der Waals surface area contributed by atoms with Crippen molar-refractivity contribution < 1.29 is 9.59 Å². The first-order valence-corrected chi connectivity index (χ1v) is 9.77. The Morgan fingerprint density at radius 3 is 2.54 bits per heavy atom. The zero-order chi connectivity index (χ0) is 18.8. The Labute approximate surface area is 159 Å². The number of pyridine rings is 1. The average molecular weight is 372 g/mol. The number of carbonyl (C=O) groups is 2. The van der Waals surface area contributed by atoms with Crippen LogP contribution in [0.5, 0.6) is 0 Å². The van der Waals surface area contributed by atoms with E-state index in [0.717, 1.165) is 29.1 Å². The molecule has 2 rings (SSSR count). The molecule has 0 saturated carbocycles. The van der Waals surface area contributed by atoms with Crippen LogP contribution in [0.4, 0.5) is 11.4 Å². The molecular weight excluding hydrogens is 346 g/mol. The van der Waals surface area contributed by atoms with Crippen molar-refractivity contribution in [3.8, 4) is 0 Å². The molecule has 0 bridgehead atoms. The molecule has 2 amide bonds. The van der Waals surface area contributed by atoms with Gasteiger partial charge in [0.05, 0.1) is 5.25 Å². The first-order valence-electron chi connectivity index (χ1n) is 8.89. The van der Waals surface area contributed by atoms with Gasteiger partial charge in [-0.15, -0.1) is 11.8 Å². The minimum Gasteiger partial charge on any atom is -0.326 e. The zero-order valence-corrected chi connectivity index (χ0v) is 16.0. The van der Waals surface area contributed by atoms with Crippen molar-refractivity contribution in [3.63, 3.8) is 0 Å². The van der Waals surface area contributed by atoms with Crippen LogP contribution in [0.15, 0.2) is 53.7 Å². The molecule has 0 aliphatic carbocycles. The molecule has 0 radical (unpaired) electrons. The van der Waals surface area contributed by atoms with E-state index >= 15 is 0 Å². The fraction of sp³-hybridized carbons (Fsp3) is 0.350. The molecule has 0 spiro atoms. The van der Waals surface area contributed by atoms with E-state index in [1.807, 2.05) is 31.2 Å². The lowest BCUT2D eigenvalue weighted by molar-refractivity contribution is -0.116. The van der Waals surface area contributed by atoms with Crippen LogP contribution in [0, 0.1) is 0 Å². The minimum absolute atomic E-state index is 0.0245. The van der Waals surface area contributed by atoms with Crippen molar-refractivity contribution in [1.29, 1.82) is 0 Å². The maximum absolute atomic E-state index is 12.5. The second-order valence-corrected chi connectivity index (χ2v) is 7.20. The summed E-state index contributed by atoms with van der Waals surface area (Å²) in [6, 6.07) is 11.2. The van der Waals surface area contributed by atoms with Crippen LogP contribution in [0.1, 0.15) is 39.5 Å². The molecule has 1 aromatic heterocycles. The number of aromatic nitrogens is 1. The third-order valence-electron chi connectivity index (χ3n) is 3.76. The highest BCUT2D eigenvalue weighted by Crippen LogP contribution is 2.28. The number of unbranched alkanes of at least 4 members (excludes halogenated alkanes) is 1. The monoisotopic (exact) mass is 371 g/mol. The van der Waals surface area contributed by atoms with Gasteiger partial charge >= 0.3 is 0 Å². The second-order valence-electron chi connectivity index (χ2n) is 5.92. The molecule has 0 fully saturated rings. The summed E-state index contributed by atoms with van der Waals surface area (Å²) in [7, 11) is 0. The number of carbonyl (C=O) groups excluding carboxylic acids is 2. The molecule has 0 saturated heterocycles. The summed E-state index contributed by atoms with van der Waals surface area (Å²) >= 11 is 1.50. The molecule has 26 heavy (non-hydrogen) atoms. The lowest BCUT2D eigenvalue weighted by Crippen LogP contribution is -2.24. The molecule has 0 aliphatic heterocycles. The maximum Gasteiger partial charge on any atom is 0.237 e. The van der Waals surface area contributed by atoms with E-state index in [4.69, 9.17) is 0 Å². The predicted octanol–water partition coefficient (Wildman–Crippen LogP) is 4.72. The van der Waals surface area contributed by atoms with Gasteiger partial charge in [0.25, 0.3) is 0 Å². The number of hydrogen-bond acceptors (Lipinski definition) is 4. The van der Waals surface area contributed by atoms with Crippen molar-refractivity contribution >= 4 is 35.0 Å². The summed E-state index contributed by atoms with van der Waals surface area (Å²) in [6.45, 7) is 4.05. The zero-order valence-electron chi connectivity index (χ0n) is 15.2. The van der Waals surface area contributed by atoms with Crippen LogP contribution in [0.3, 0.4) is 0 Å². The summed E-state index contributed by atoms with van der Waals surface area (Å²) in [5.74, 6) is -0.0162. The first-order chi connectivity index (χ1) is 12.6. The van der Waals surface area contributed by atoms with Gasteiger partial charge in [0.2, 0.25) is 11.8 Å². The first kappa shape index (κ1) is 20.0. The van der Waals surface area contributed by atoms with Crippen molar-refractivity contribution in [2.24, 2.45) is 0 Å². The van der Waals surface area contributed by atoms with E-state index in [-0.39, 0.29) is 17.1 Å². The van der Waals surface area contributed by atoms with Gasteiger partial charge < -0.3 is 10.6 Å². The highest BCUT2D eigenvalue weighted by molar-refractivity contribution is 8.00. The van der Waals surface area contributed by atoms with Crippen molar-refractivity contribution in [1.82, 2.24) is 4.98 Å². The summed E-state index contributed by atoms with van der Waals surface area (Å²) in [4.78, 5) is 29.3. The number of rotatable bonds is 9. The van der Waals surface area contributed by atoms with E-state index in [1.165, 1.54) is 11.8 Å². The van der Waals surface area contributed by atoms with Crippen molar-refractivity contribution in [3.05, 3.63) is 48.8 Å². The van der Waals surface area contributed by atoms with Gasteiger partial charge in [-0.25, -0.2) is 0 Å². The Kier molecular flexibility index (Phi) is 8.15. The van der Waals surface area contributed by atoms with Crippen LogP contribution in [0.2, 0.25) is 0 Å². The molecule has 2 aromatic rings. The third-order valence-corrected chi connectivity index (χ3v) is 5.12. The van der Waals surface area contributed by atoms with Gasteiger partial charge in [0.15, 0.2) is 0 Å². The van der Waals surface area contributed by atoms with Crippen LogP contribution in [0.25, 0.3) is 0 Å². The average Bonchev–Trinajstić information content (AvgIpc) is 2.65. The molecule has 1 unspecified atom stereocenters. The number of benzene rings is 1. The third kappa shape index (κ3) is 6.52. The van der Waals surface area contributed by atoms with Crippen molar-refractivity contribution in [2.45, 2.75) is 49.7 Å². The predicted molar refractivity (Wildman–Crippen MR) is 107 cm³/mol. The second kappa shape index (κ2) is 10.6. The molecule has 1 atom stereocenters. The summed E-state index contributed by atoms with van der Waals surface area (Å²) in [6.07, 6.45) is 6.40. The molecule has 138 valence electrons. The molecule has 5 nitrogen and oxygen atoms in total. The normalized spacial score (nSPS) is 11.6. The molecule has 6 heteroatoms. The minimum atomic E-state index is -0.214. The number of nitrogens with zero attached hydrogens (tertiary/aromatic N) is 1. The number of amides is 2. The summed E-state index contributed by atoms with van der Waals surface area (Å²) in [5, 5.41) is 5.62. The van der Waals surface area contributed by atoms with Gasteiger partial charge in [-0.3, -0.25) is 14.6 Å². The molecule has 2 N–H and O–H groups in total. The molecular formula is C20H25N3O2S. The lowest BCUT2D eigenvalue weighted by atomic mass is 10.2. The highest BCUT2D eigenvalue weighted by Gasteiger charge is 2.18. The Bertz CT molecular complexity index is 722. The maximum atomic E-state index is 12.5. The van der Waals surface area contributed by atoms with Gasteiger partial charge in [0, 0.05) is 35.1 Å². The van der Waals surface area contributed by atoms with Gasteiger partial charge in [-0.05, 0) is 43.2 Å². The smallest absolute Gasteiger partial charge is 0.237 e. The number of nitrogens with one attached hydrogen (secondary N) is 2. The number of anilines is 2. The Morgan fingerprint density at radius 1 is 1.08 bits per heavy atom. The SMILES string of the molecule is CCCCC(=O)Nc1cccc(SC(CC)C(=O)Nc2ccncc2)c1. The van der Waals surface area contributed by atoms with E-state index in [2.05, 4.69) is 22.5 Å². The van der Waals surface area contributed by atoms with Gasteiger partial charge in [-0.1, -0.05) is 26.3 Å². The van der Waals surface area contributed by atoms with E-state index in [0.29, 0.717) is 12.8 Å². The number of hydrogen-bond donors (Lipinski definition) is 2. The Hall–Kier alpha value is -2.34. The summed E-state index contributed by atoms with van der Waals surface area (Å²) in [5.41, 5.74) is 1.50. The Balaban J connectivity index is 1.97. The topological polar surface area (TPSA) is 71.1 Å². The van der Waals surface area contributed by atoms with Crippen LogP contribution in [-0.2, 0) is 9.59 Å². The fourth-order valence-corrected chi connectivity index (χ4v) is 3.37. The molecule has 1 heterocycles. The fourth-order valence-electron chi connectivity index (χ4n) is 2.35. The quantitative estimate of drug-likeness (QED) is 0.626. The van der Waals surface area contributed by atoms with Gasteiger partial charge in [0.1, 0.15) is 0 Å². The van der Waals surface area contributed by atoms with E-state index < -0.39 is 0 Å². The van der Waals surface area contributed by atoms with Crippen LogP contribution < -0.4 is 10.6 Å². The van der Waals surface area contributed by atoms with Gasteiger partial charge in [-0.2, -0.15) is 0 Å². The highest BCUT2D eigenvalue weighted by atomic mass is 32.2.